The zero-order chi connectivity index (χ0) is 10.1. The highest BCUT2D eigenvalue weighted by Gasteiger charge is 2.24. The van der Waals surface area contributed by atoms with Gasteiger partial charge in [-0.2, -0.15) is 5.26 Å². The molecule has 1 aliphatic rings. The van der Waals surface area contributed by atoms with Gasteiger partial charge in [0.2, 0.25) is 0 Å². The number of ether oxygens (including phenoxy) is 1. The number of nitrogens with two attached hydrogens (primary N) is 1. The van der Waals surface area contributed by atoms with Gasteiger partial charge >= 0.3 is 0 Å². The Balaban J connectivity index is 2.42. The fraction of sp³-hybridized carbons (Fsp3) is 0.300. The SMILES string of the molecule is CN1c2ccc(N)cc2OCC1C#N. The van der Waals surface area contributed by atoms with Crippen LogP contribution in [0.1, 0.15) is 0 Å². The number of likely N-dealkylation sites (N-methyl/N-ethyl adjacent to an activating group) is 1. The number of hydrogen-bond acceptors (Lipinski definition) is 4. The molecule has 1 aromatic carbocycles. The van der Waals surface area contributed by atoms with Crippen molar-refractivity contribution in [3.8, 4) is 11.8 Å². The Kier molecular flexibility index (Phi) is 1.93. The lowest BCUT2D eigenvalue weighted by atomic mass is 10.2. The van der Waals surface area contributed by atoms with Crippen LogP contribution >= 0.6 is 0 Å². The van der Waals surface area contributed by atoms with Crippen molar-refractivity contribution in [3.05, 3.63) is 18.2 Å². The van der Waals surface area contributed by atoms with Gasteiger partial charge in [-0.25, -0.2) is 0 Å². The van der Waals surface area contributed by atoms with Crippen LogP contribution < -0.4 is 15.4 Å². The first-order chi connectivity index (χ1) is 6.72. The molecule has 0 fully saturated rings. The largest absolute Gasteiger partial charge is 0.488 e. The molecule has 0 spiro atoms. The third kappa shape index (κ3) is 1.23. The van der Waals surface area contributed by atoms with Crippen molar-refractivity contribution in [2.24, 2.45) is 0 Å². The number of nitriles is 1. The van der Waals surface area contributed by atoms with Crippen molar-refractivity contribution < 1.29 is 4.74 Å². The molecule has 2 N–H and O–H groups in total. The van der Waals surface area contributed by atoms with E-state index >= 15 is 0 Å². The minimum Gasteiger partial charge on any atom is -0.488 e. The minimum atomic E-state index is -0.217. The lowest BCUT2D eigenvalue weighted by molar-refractivity contribution is 0.289. The molecular weight excluding hydrogens is 178 g/mol. The molecule has 14 heavy (non-hydrogen) atoms. The molecule has 1 unspecified atom stereocenters. The van der Waals surface area contributed by atoms with E-state index in [9.17, 15) is 0 Å². The lowest BCUT2D eigenvalue weighted by Gasteiger charge is -2.31. The number of fused-ring (bicyclic) bond motifs is 1. The van der Waals surface area contributed by atoms with Crippen molar-refractivity contribution in [3.63, 3.8) is 0 Å². The number of anilines is 2. The summed E-state index contributed by atoms with van der Waals surface area (Å²) in [5.41, 5.74) is 7.22. The topological polar surface area (TPSA) is 62.3 Å². The monoisotopic (exact) mass is 189 g/mol. The highest BCUT2D eigenvalue weighted by molar-refractivity contribution is 5.65. The van der Waals surface area contributed by atoms with Crippen molar-refractivity contribution in [1.29, 1.82) is 5.26 Å². The molecule has 0 aromatic heterocycles. The van der Waals surface area contributed by atoms with Crippen molar-refractivity contribution in [1.82, 2.24) is 0 Å². The molecule has 1 aromatic rings. The molecule has 0 aliphatic carbocycles. The van der Waals surface area contributed by atoms with Gasteiger partial charge in [-0.1, -0.05) is 0 Å². The first-order valence-corrected chi connectivity index (χ1v) is 4.37. The Morgan fingerprint density at radius 3 is 3.14 bits per heavy atom. The van der Waals surface area contributed by atoms with Gasteiger partial charge in [0.15, 0.2) is 6.04 Å². The van der Waals surface area contributed by atoms with Crippen LogP contribution in [0.3, 0.4) is 0 Å². The Morgan fingerprint density at radius 1 is 1.64 bits per heavy atom. The number of nitrogen functional groups attached to an aromatic ring is 1. The maximum absolute atomic E-state index is 8.85. The van der Waals surface area contributed by atoms with E-state index in [1.165, 1.54) is 0 Å². The summed E-state index contributed by atoms with van der Waals surface area (Å²) in [5.74, 6) is 0.749. The zero-order valence-corrected chi connectivity index (χ0v) is 7.90. The van der Waals surface area contributed by atoms with E-state index in [1.807, 2.05) is 18.0 Å². The van der Waals surface area contributed by atoms with Gasteiger partial charge in [-0.05, 0) is 12.1 Å². The first-order valence-electron chi connectivity index (χ1n) is 4.37. The Bertz CT molecular complexity index is 397. The normalized spacial score (nSPS) is 19.4. The highest BCUT2D eigenvalue weighted by Crippen LogP contribution is 2.34. The third-order valence-corrected chi connectivity index (χ3v) is 2.38. The summed E-state index contributed by atoms with van der Waals surface area (Å²) in [7, 11) is 1.88. The van der Waals surface area contributed by atoms with Gasteiger partial charge < -0.3 is 15.4 Å². The first kappa shape index (κ1) is 8.70. The van der Waals surface area contributed by atoms with E-state index in [0.29, 0.717) is 12.3 Å². The highest BCUT2D eigenvalue weighted by atomic mass is 16.5. The average molecular weight is 189 g/mol. The van der Waals surface area contributed by atoms with Gasteiger partial charge in [0.1, 0.15) is 12.4 Å². The third-order valence-electron chi connectivity index (χ3n) is 2.38. The van der Waals surface area contributed by atoms with Crippen molar-refractivity contribution in [2.75, 3.05) is 24.3 Å². The summed E-state index contributed by atoms with van der Waals surface area (Å²) in [6.07, 6.45) is 0. The fourth-order valence-electron chi connectivity index (χ4n) is 1.51. The molecule has 0 amide bonds. The predicted octanol–water partition coefficient (Wildman–Crippen LogP) is 0.990. The van der Waals surface area contributed by atoms with E-state index in [4.69, 9.17) is 15.7 Å². The predicted molar refractivity (Wildman–Crippen MR) is 54.2 cm³/mol. The van der Waals surface area contributed by atoms with Crippen LogP contribution in [0.2, 0.25) is 0 Å². The second kappa shape index (κ2) is 3.11. The molecule has 0 radical (unpaired) electrons. The molecule has 1 atom stereocenters. The molecular formula is C10H11N3O. The minimum absolute atomic E-state index is 0.217. The average Bonchev–Trinajstić information content (AvgIpc) is 2.18. The zero-order valence-electron chi connectivity index (χ0n) is 7.90. The van der Waals surface area contributed by atoms with Crippen LogP contribution in [0.4, 0.5) is 11.4 Å². The van der Waals surface area contributed by atoms with Gasteiger partial charge in [0.05, 0.1) is 11.8 Å². The van der Waals surface area contributed by atoms with Crippen molar-refractivity contribution >= 4 is 11.4 Å². The number of benzene rings is 1. The smallest absolute Gasteiger partial charge is 0.151 e. The summed E-state index contributed by atoms with van der Waals surface area (Å²) in [4.78, 5) is 1.90. The van der Waals surface area contributed by atoms with Crippen LogP contribution in [0.25, 0.3) is 0 Å². The second-order valence-corrected chi connectivity index (χ2v) is 3.29. The summed E-state index contributed by atoms with van der Waals surface area (Å²) in [6, 6.07) is 7.41. The molecule has 0 bridgehead atoms. The summed E-state index contributed by atoms with van der Waals surface area (Å²) in [5, 5.41) is 8.85. The van der Waals surface area contributed by atoms with E-state index in [-0.39, 0.29) is 6.04 Å². The number of rotatable bonds is 0. The Hall–Kier alpha value is -1.89. The van der Waals surface area contributed by atoms with E-state index in [1.54, 1.807) is 12.1 Å². The molecule has 0 saturated heterocycles. The molecule has 1 aliphatic heterocycles. The Morgan fingerprint density at radius 2 is 2.43 bits per heavy atom. The quantitative estimate of drug-likeness (QED) is 0.618. The Labute approximate surface area is 82.5 Å². The van der Waals surface area contributed by atoms with Gasteiger partial charge in [0, 0.05) is 18.8 Å². The molecule has 4 heteroatoms. The standard InChI is InChI=1S/C10H11N3O/c1-13-8(5-11)6-14-10-4-7(12)2-3-9(10)13/h2-4,8H,6,12H2,1H3. The number of hydrogen-bond donors (Lipinski definition) is 1. The summed E-state index contributed by atoms with van der Waals surface area (Å²) >= 11 is 0. The van der Waals surface area contributed by atoms with Crippen LogP contribution in [0, 0.1) is 11.3 Å². The molecule has 72 valence electrons. The van der Waals surface area contributed by atoms with Crippen LogP contribution in [0.15, 0.2) is 18.2 Å². The fourth-order valence-corrected chi connectivity index (χ4v) is 1.51. The van der Waals surface area contributed by atoms with Gasteiger partial charge in [-0.15, -0.1) is 0 Å². The molecule has 1 heterocycles. The molecule has 4 nitrogen and oxygen atoms in total. The van der Waals surface area contributed by atoms with E-state index < -0.39 is 0 Å². The number of nitrogens with zero attached hydrogens (tertiary/aromatic N) is 2. The summed E-state index contributed by atoms with van der Waals surface area (Å²) in [6.45, 7) is 0.392. The maximum Gasteiger partial charge on any atom is 0.151 e. The van der Waals surface area contributed by atoms with E-state index in [2.05, 4.69) is 6.07 Å². The molecule has 2 rings (SSSR count). The van der Waals surface area contributed by atoms with Crippen molar-refractivity contribution in [2.45, 2.75) is 6.04 Å². The van der Waals surface area contributed by atoms with Crippen LogP contribution in [-0.4, -0.2) is 19.7 Å². The van der Waals surface area contributed by atoms with Gasteiger partial charge in [0.25, 0.3) is 0 Å². The maximum atomic E-state index is 8.85. The second-order valence-electron chi connectivity index (χ2n) is 3.29. The molecule has 0 saturated carbocycles. The van der Waals surface area contributed by atoms with E-state index in [0.717, 1.165) is 11.4 Å². The lowest BCUT2D eigenvalue weighted by Crippen LogP contribution is -2.39. The van der Waals surface area contributed by atoms with Crippen LogP contribution in [-0.2, 0) is 0 Å². The summed E-state index contributed by atoms with van der Waals surface area (Å²) < 4.78 is 5.43. The van der Waals surface area contributed by atoms with Gasteiger partial charge in [-0.3, -0.25) is 0 Å². The van der Waals surface area contributed by atoms with Crippen LogP contribution in [0.5, 0.6) is 5.75 Å².